The molecule has 0 aromatic rings. The summed E-state index contributed by atoms with van der Waals surface area (Å²) in [4.78, 5) is 14.2. The van der Waals surface area contributed by atoms with Crippen LogP contribution < -0.4 is 5.32 Å². The summed E-state index contributed by atoms with van der Waals surface area (Å²) in [6.07, 6.45) is 7.14. The lowest BCUT2D eigenvalue weighted by Gasteiger charge is -2.32. The standard InChI is InChI=1S/C17H32N2O3/c1-17(2,3)22-16(20)19(13-9-10-13)12-11-18-14-7-5-6-8-15(14)21-4/h13-15,18H,5-12H2,1-4H3. The average molecular weight is 312 g/mol. The molecule has 1 amide bonds. The number of carbonyl (C=O) groups is 1. The number of methoxy groups -OCH3 is 1. The summed E-state index contributed by atoms with van der Waals surface area (Å²) in [6, 6.07) is 0.791. The monoisotopic (exact) mass is 312 g/mol. The Morgan fingerprint density at radius 1 is 1.18 bits per heavy atom. The van der Waals surface area contributed by atoms with E-state index < -0.39 is 5.60 Å². The molecule has 0 aromatic carbocycles. The van der Waals surface area contributed by atoms with E-state index in [1.807, 2.05) is 25.7 Å². The summed E-state index contributed by atoms with van der Waals surface area (Å²) in [5, 5.41) is 3.58. The van der Waals surface area contributed by atoms with Crippen LogP contribution in [0.4, 0.5) is 4.79 Å². The van der Waals surface area contributed by atoms with Crippen LogP contribution in [0.15, 0.2) is 0 Å². The van der Waals surface area contributed by atoms with Crippen LogP contribution in [0.1, 0.15) is 59.3 Å². The molecule has 22 heavy (non-hydrogen) atoms. The lowest BCUT2D eigenvalue weighted by Crippen LogP contribution is -2.47. The van der Waals surface area contributed by atoms with Crippen LogP contribution >= 0.6 is 0 Å². The van der Waals surface area contributed by atoms with Crippen LogP contribution in [-0.2, 0) is 9.47 Å². The molecule has 2 fully saturated rings. The number of amides is 1. The van der Waals surface area contributed by atoms with E-state index >= 15 is 0 Å². The first-order chi connectivity index (χ1) is 10.4. The molecule has 0 aliphatic heterocycles. The molecular formula is C17H32N2O3. The highest BCUT2D eigenvalue weighted by atomic mass is 16.6. The van der Waals surface area contributed by atoms with Gasteiger partial charge in [-0.2, -0.15) is 0 Å². The number of nitrogens with zero attached hydrogens (tertiary/aromatic N) is 1. The van der Waals surface area contributed by atoms with Crippen LogP contribution in [0.25, 0.3) is 0 Å². The maximum Gasteiger partial charge on any atom is 0.410 e. The minimum atomic E-state index is -0.428. The highest BCUT2D eigenvalue weighted by molar-refractivity contribution is 5.69. The highest BCUT2D eigenvalue weighted by Crippen LogP contribution is 2.28. The molecule has 2 aliphatic rings. The van der Waals surface area contributed by atoms with Crippen LogP contribution in [0.5, 0.6) is 0 Å². The predicted molar refractivity (Wildman–Crippen MR) is 87.0 cm³/mol. The van der Waals surface area contributed by atoms with Gasteiger partial charge >= 0.3 is 6.09 Å². The Bertz CT molecular complexity index is 363. The molecule has 0 heterocycles. The summed E-state index contributed by atoms with van der Waals surface area (Å²) in [5.41, 5.74) is -0.428. The van der Waals surface area contributed by atoms with E-state index in [0.29, 0.717) is 24.7 Å². The molecule has 2 saturated carbocycles. The molecule has 5 heteroatoms. The second-order valence-electron chi connectivity index (χ2n) is 7.52. The van der Waals surface area contributed by atoms with Gasteiger partial charge in [0.25, 0.3) is 0 Å². The zero-order chi connectivity index (χ0) is 16.2. The van der Waals surface area contributed by atoms with E-state index in [1.54, 1.807) is 7.11 Å². The van der Waals surface area contributed by atoms with Gasteiger partial charge in [0.05, 0.1) is 6.10 Å². The summed E-state index contributed by atoms with van der Waals surface area (Å²) in [5.74, 6) is 0. The number of nitrogens with one attached hydrogen (secondary N) is 1. The molecule has 0 spiro atoms. The molecule has 1 N–H and O–H groups in total. The van der Waals surface area contributed by atoms with Crippen molar-refractivity contribution in [1.29, 1.82) is 0 Å². The van der Waals surface area contributed by atoms with Crippen LogP contribution in [0.3, 0.4) is 0 Å². The minimum Gasteiger partial charge on any atom is -0.444 e. The van der Waals surface area contributed by atoms with Gasteiger partial charge < -0.3 is 19.7 Å². The fraction of sp³-hybridized carbons (Fsp3) is 0.941. The Labute approximate surface area is 134 Å². The van der Waals surface area contributed by atoms with Gasteiger partial charge in [-0.1, -0.05) is 12.8 Å². The summed E-state index contributed by atoms with van der Waals surface area (Å²) >= 11 is 0. The second-order valence-corrected chi connectivity index (χ2v) is 7.52. The third-order valence-electron chi connectivity index (χ3n) is 4.38. The van der Waals surface area contributed by atoms with Gasteiger partial charge in [0, 0.05) is 32.3 Å². The maximum atomic E-state index is 12.3. The van der Waals surface area contributed by atoms with Crippen LogP contribution in [-0.4, -0.2) is 55.0 Å². The number of hydrogen-bond donors (Lipinski definition) is 1. The third-order valence-corrected chi connectivity index (χ3v) is 4.38. The topological polar surface area (TPSA) is 50.8 Å². The Morgan fingerprint density at radius 2 is 1.86 bits per heavy atom. The molecule has 0 aromatic heterocycles. The maximum absolute atomic E-state index is 12.3. The molecule has 5 nitrogen and oxygen atoms in total. The molecule has 0 radical (unpaired) electrons. The first kappa shape index (κ1) is 17.5. The van der Waals surface area contributed by atoms with Crippen molar-refractivity contribution in [2.45, 2.75) is 83.1 Å². The van der Waals surface area contributed by atoms with Gasteiger partial charge in [-0.15, -0.1) is 0 Å². The minimum absolute atomic E-state index is 0.177. The first-order valence-electron chi connectivity index (χ1n) is 8.66. The number of carbonyl (C=O) groups excluding carboxylic acids is 1. The van der Waals surface area contributed by atoms with Crippen LogP contribution in [0, 0.1) is 0 Å². The highest BCUT2D eigenvalue weighted by Gasteiger charge is 2.35. The van der Waals surface area contributed by atoms with Crippen molar-refractivity contribution < 1.29 is 14.3 Å². The normalized spacial score (nSPS) is 25.8. The smallest absolute Gasteiger partial charge is 0.410 e. The number of ether oxygens (including phenoxy) is 2. The average Bonchev–Trinajstić information content (AvgIpc) is 3.26. The fourth-order valence-corrected chi connectivity index (χ4v) is 3.11. The van der Waals surface area contributed by atoms with Crippen molar-refractivity contribution in [2.75, 3.05) is 20.2 Å². The Kier molecular flexibility index (Phi) is 6.09. The summed E-state index contributed by atoms with van der Waals surface area (Å²) in [6.45, 7) is 7.27. The fourth-order valence-electron chi connectivity index (χ4n) is 3.11. The lowest BCUT2D eigenvalue weighted by molar-refractivity contribution is 0.0213. The quantitative estimate of drug-likeness (QED) is 0.819. The van der Waals surface area contributed by atoms with E-state index in [0.717, 1.165) is 32.2 Å². The van der Waals surface area contributed by atoms with Gasteiger partial charge in [-0.3, -0.25) is 0 Å². The molecule has 2 atom stereocenters. The van der Waals surface area contributed by atoms with Gasteiger partial charge in [-0.05, 0) is 46.5 Å². The zero-order valence-corrected chi connectivity index (χ0v) is 14.6. The molecule has 2 rings (SSSR count). The van der Waals surface area contributed by atoms with Crippen molar-refractivity contribution in [3.8, 4) is 0 Å². The van der Waals surface area contributed by atoms with Crippen molar-refractivity contribution in [3.63, 3.8) is 0 Å². The van der Waals surface area contributed by atoms with E-state index in [2.05, 4.69) is 5.32 Å². The number of rotatable bonds is 6. The zero-order valence-electron chi connectivity index (χ0n) is 14.6. The van der Waals surface area contributed by atoms with E-state index in [1.165, 1.54) is 12.8 Å². The molecule has 2 aliphatic carbocycles. The third kappa shape index (κ3) is 5.43. The van der Waals surface area contributed by atoms with Gasteiger partial charge in [-0.25, -0.2) is 4.79 Å². The molecular weight excluding hydrogens is 280 g/mol. The van der Waals surface area contributed by atoms with Gasteiger partial charge in [0.15, 0.2) is 0 Å². The summed E-state index contributed by atoms with van der Waals surface area (Å²) < 4.78 is 11.1. The Hall–Kier alpha value is -0.810. The molecule has 128 valence electrons. The molecule has 2 unspecified atom stereocenters. The first-order valence-corrected chi connectivity index (χ1v) is 8.66. The van der Waals surface area contributed by atoms with Gasteiger partial charge in [0.1, 0.15) is 5.60 Å². The van der Waals surface area contributed by atoms with Crippen molar-refractivity contribution in [2.24, 2.45) is 0 Å². The number of hydrogen-bond acceptors (Lipinski definition) is 4. The van der Waals surface area contributed by atoms with E-state index in [-0.39, 0.29) is 6.09 Å². The van der Waals surface area contributed by atoms with E-state index in [4.69, 9.17) is 9.47 Å². The van der Waals surface area contributed by atoms with Crippen LogP contribution in [0.2, 0.25) is 0 Å². The van der Waals surface area contributed by atoms with Crippen molar-refractivity contribution >= 4 is 6.09 Å². The largest absolute Gasteiger partial charge is 0.444 e. The van der Waals surface area contributed by atoms with Crippen molar-refractivity contribution in [3.05, 3.63) is 0 Å². The molecule has 0 bridgehead atoms. The van der Waals surface area contributed by atoms with E-state index in [9.17, 15) is 4.79 Å². The second kappa shape index (κ2) is 7.64. The summed E-state index contributed by atoms with van der Waals surface area (Å²) in [7, 11) is 1.79. The molecule has 0 saturated heterocycles. The Morgan fingerprint density at radius 3 is 2.45 bits per heavy atom. The lowest BCUT2D eigenvalue weighted by atomic mass is 9.92. The van der Waals surface area contributed by atoms with Gasteiger partial charge in [0.2, 0.25) is 0 Å². The predicted octanol–water partition coefficient (Wildman–Crippen LogP) is 2.93. The van der Waals surface area contributed by atoms with Crippen molar-refractivity contribution in [1.82, 2.24) is 10.2 Å². The Balaban J connectivity index is 1.78. The SMILES string of the molecule is COC1CCCCC1NCCN(C(=O)OC(C)(C)C)C1CC1.